The molecule has 0 aromatic carbocycles. The molecule has 1 atom stereocenters. The lowest BCUT2D eigenvalue weighted by Crippen LogP contribution is -2.36. The molecule has 5 nitrogen and oxygen atoms in total. The van der Waals surface area contributed by atoms with E-state index in [1.54, 1.807) is 0 Å². The number of amides is 2. The Hall–Kier alpha value is -1.10. The maximum atomic E-state index is 11.5. The van der Waals surface area contributed by atoms with E-state index in [0.29, 0.717) is 5.92 Å². The quantitative estimate of drug-likeness (QED) is 0.602. The average Bonchev–Trinajstić information content (AvgIpc) is 2.26. The summed E-state index contributed by atoms with van der Waals surface area (Å²) in [6.07, 6.45) is 3.97. The van der Waals surface area contributed by atoms with Gasteiger partial charge in [0, 0.05) is 13.0 Å². The minimum atomic E-state index is -0.375. The Morgan fingerprint density at radius 1 is 1.47 bits per heavy atom. The van der Waals surface area contributed by atoms with E-state index in [1.807, 2.05) is 6.92 Å². The van der Waals surface area contributed by atoms with Crippen molar-refractivity contribution in [3.05, 3.63) is 6.42 Å². The Labute approximate surface area is 103 Å². The predicted molar refractivity (Wildman–Crippen MR) is 65.9 cm³/mol. The largest absolute Gasteiger partial charge is 0.370 e. The summed E-state index contributed by atoms with van der Waals surface area (Å²) in [4.78, 5) is 22.2. The highest BCUT2D eigenvalue weighted by Crippen LogP contribution is 2.10. The summed E-state index contributed by atoms with van der Waals surface area (Å²) in [6.45, 7) is 4.60. The molecule has 97 valence electrons. The van der Waals surface area contributed by atoms with Gasteiger partial charge in [0.05, 0.1) is 6.42 Å². The van der Waals surface area contributed by atoms with E-state index in [4.69, 9.17) is 5.73 Å². The number of rotatable bonds is 6. The zero-order valence-corrected chi connectivity index (χ0v) is 10.4. The van der Waals surface area contributed by atoms with Crippen molar-refractivity contribution < 1.29 is 9.59 Å². The molecule has 0 aliphatic carbocycles. The second-order valence-electron chi connectivity index (χ2n) is 4.75. The van der Waals surface area contributed by atoms with Gasteiger partial charge in [-0.1, -0.05) is 6.92 Å². The summed E-state index contributed by atoms with van der Waals surface area (Å²) >= 11 is 0. The van der Waals surface area contributed by atoms with Gasteiger partial charge in [-0.3, -0.25) is 9.59 Å². The summed E-state index contributed by atoms with van der Waals surface area (Å²) in [5.74, 6) is -0.00208. The number of primary amides is 1. The first-order valence-electron chi connectivity index (χ1n) is 6.19. The Morgan fingerprint density at radius 3 is 2.71 bits per heavy atom. The molecule has 0 aromatic rings. The molecule has 1 rings (SSSR count). The first kappa shape index (κ1) is 14.0. The number of nitrogens with one attached hydrogen (secondary N) is 2. The fraction of sp³-hybridized carbons (Fsp3) is 0.750. The van der Waals surface area contributed by atoms with E-state index >= 15 is 0 Å². The van der Waals surface area contributed by atoms with Crippen LogP contribution in [0, 0.1) is 18.3 Å². The third-order valence-corrected chi connectivity index (χ3v) is 2.98. The van der Waals surface area contributed by atoms with E-state index in [1.165, 1.54) is 6.42 Å². The normalized spacial score (nSPS) is 18.6. The topological polar surface area (TPSA) is 84.2 Å². The molecule has 0 spiro atoms. The van der Waals surface area contributed by atoms with Crippen LogP contribution in [0.25, 0.3) is 0 Å². The Balaban J connectivity index is 2.13. The van der Waals surface area contributed by atoms with Gasteiger partial charge in [-0.25, -0.2) is 0 Å². The van der Waals surface area contributed by atoms with Crippen LogP contribution >= 0.6 is 0 Å². The fourth-order valence-electron chi connectivity index (χ4n) is 2.02. The SMILES string of the molecule is C[C@@H]([CH]C(=O)NCC1CCNCC1)CC(N)=O. The number of piperidine rings is 1. The van der Waals surface area contributed by atoms with E-state index in [9.17, 15) is 9.59 Å². The van der Waals surface area contributed by atoms with Crippen molar-refractivity contribution in [3.8, 4) is 0 Å². The molecule has 1 radical (unpaired) electrons. The van der Waals surface area contributed by atoms with Crippen molar-refractivity contribution in [2.75, 3.05) is 19.6 Å². The van der Waals surface area contributed by atoms with Crippen LogP contribution in [-0.2, 0) is 9.59 Å². The van der Waals surface area contributed by atoms with Crippen LogP contribution < -0.4 is 16.4 Å². The van der Waals surface area contributed by atoms with Gasteiger partial charge in [0.15, 0.2) is 0 Å². The van der Waals surface area contributed by atoms with E-state index in [-0.39, 0.29) is 24.2 Å². The predicted octanol–water partition coefficient (Wildman–Crippen LogP) is -0.182. The number of carbonyl (C=O) groups excluding carboxylic acids is 2. The lowest BCUT2D eigenvalue weighted by molar-refractivity contribution is -0.119. The summed E-state index contributed by atoms with van der Waals surface area (Å²) in [6, 6.07) is 0. The number of nitrogens with two attached hydrogens (primary N) is 1. The number of carbonyl (C=O) groups is 2. The van der Waals surface area contributed by atoms with Gasteiger partial charge in [0.2, 0.25) is 11.8 Å². The van der Waals surface area contributed by atoms with Gasteiger partial charge >= 0.3 is 0 Å². The lowest BCUT2D eigenvalue weighted by Gasteiger charge is -2.22. The van der Waals surface area contributed by atoms with E-state index in [0.717, 1.165) is 32.5 Å². The minimum absolute atomic E-state index is 0.0967. The first-order chi connectivity index (χ1) is 8.08. The van der Waals surface area contributed by atoms with Crippen LogP contribution in [0.5, 0.6) is 0 Å². The molecule has 4 N–H and O–H groups in total. The van der Waals surface area contributed by atoms with Crippen LogP contribution in [0.3, 0.4) is 0 Å². The third-order valence-electron chi connectivity index (χ3n) is 2.98. The number of hydrogen-bond donors (Lipinski definition) is 3. The molecule has 1 saturated heterocycles. The number of hydrogen-bond acceptors (Lipinski definition) is 3. The van der Waals surface area contributed by atoms with Crippen molar-refractivity contribution in [2.24, 2.45) is 17.6 Å². The highest BCUT2D eigenvalue weighted by atomic mass is 16.2. The molecule has 0 saturated carbocycles. The Kier molecular flexibility index (Phi) is 5.97. The van der Waals surface area contributed by atoms with Crippen molar-refractivity contribution in [1.29, 1.82) is 0 Å². The molecule has 1 aliphatic heterocycles. The molecule has 1 fully saturated rings. The molecule has 2 amide bonds. The van der Waals surface area contributed by atoms with Gasteiger partial charge in [0.1, 0.15) is 0 Å². The molecule has 0 aromatic heterocycles. The van der Waals surface area contributed by atoms with Crippen molar-refractivity contribution in [2.45, 2.75) is 26.2 Å². The van der Waals surface area contributed by atoms with Gasteiger partial charge < -0.3 is 16.4 Å². The van der Waals surface area contributed by atoms with Crippen molar-refractivity contribution >= 4 is 11.8 Å². The van der Waals surface area contributed by atoms with Crippen LogP contribution in [0.2, 0.25) is 0 Å². The minimum Gasteiger partial charge on any atom is -0.370 e. The summed E-state index contributed by atoms with van der Waals surface area (Å²) in [5, 5.41) is 6.17. The highest BCUT2D eigenvalue weighted by Gasteiger charge is 2.16. The smallest absolute Gasteiger partial charge is 0.224 e. The highest BCUT2D eigenvalue weighted by molar-refractivity contribution is 5.86. The summed E-state index contributed by atoms with van der Waals surface area (Å²) in [7, 11) is 0. The molecule has 17 heavy (non-hydrogen) atoms. The van der Waals surface area contributed by atoms with Crippen molar-refractivity contribution in [3.63, 3.8) is 0 Å². The lowest BCUT2D eigenvalue weighted by atomic mass is 9.98. The van der Waals surface area contributed by atoms with Crippen LogP contribution in [0.4, 0.5) is 0 Å². The Bertz CT molecular complexity index is 262. The molecule has 5 heteroatoms. The maximum absolute atomic E-state index is 11.5. The van der Waals surface area contributed by atoms with Gasteiger partial charge in [0.25, 0.3) is 0 Å². The maximum Gasteiger partial charge on any atom is 0.224 e. The van der Waals surface area contributed by atoms with Crippen LogP contribution in [0.15, 0.2) is 0 Å². The van der Waals surface area contributed by atoms with Crippen LogP contribution in [-0.4, -0.2) is 31.4 Å². The summed E-state index contributed by atoms with van der Waals surface area (Å²) in [5.41, 5.74) is 5.06. The Morgan fingerprint density at radius 2 is 2.12 bits per heavy atom. The second-order valence-corrected chi connectivity index (χ2v) is 4.75. The molecule has 0 unspecified atom stereocenters. The molecular weight excluding hydrogens is 218 g/mol. The summed E-state index contributed by atoms with van der Waals surface area (Å²) < 4.78 is 0. The first-order valence-corrected chi connectivity index (χ1v) is 6.19. The standard InChI is InChI=1S/C12H22N3O2/c1-9(6-11(13)16)7-12(17)15-8-10-2-4-14-5-3-10/h7,9-10,14H,2-6,8H2,1H3,(H2,13,16)(H,15,17)/t9-/m1/s1. The zero-order chi connectivity index (χ0) is 12.7. The van der Waals surface area contributed by atoms with Crippen LogP contribution in [0.1, 0.15) is 26.2 Å². The third kappa shape index (κ3) is 6.26. The van der Waals surface area contributed by atoms with Gasteiger partial charge in [-0.2, -0.15) is 0 Å². The molecule has 1 aliphatic rings. The van der Waals surface area contributed by atoms with E-state index in [2.05, 4.69) is 10.6 Å². The second kappa shape index (κ2) is 7.27. The zero-order valence-electron chi connectivity index (χ0n) is 10.4. The molecule has 1 heterocycles. The monoisotopic (exact) mass is 240 g/mol. The fourth-order valence-corrected chi connectivity index (χ4v) is 2.02. The van der Waals surface area contributed by atoms with Gasteiger partial charge in [-0.15, -0.1) is 0 Å². The van der Waals surface area contributed by atoms with Crippen molar-refractivity contribution in [1.82, 2.24) is 10.6 Å². The average molecular weight is 240 g/mol. The molecular formula is C12H22N3O2. The molecule has 0 bridgehead atoms. The van der Waals surface area contributed by atoms with E-state index < -0.39 is 0 Å². The van der Waals surface area contributed by atoms with Gasteiger partial charge in [-0.05, 0) is 37.8 Å².